The van der Waals surface area contributed by atoms with Crippen molar-refractivity contribution in [2.24, 2.45) is 0 Å². The summed E-state index contributed by atoms with van der Waals surface area (Å²) in [7, 11) is -4.64. The van der Waals surface area contributed by atoms with E-state index in [1.807, 2.05) is 0 Å². The summed E-state index contributed by atoms with van der Waals surface area (Å²) < 4.78 is 8.88. The second kappa shape index (κ2) is 21.1. The fraction of sp³-hybridized carbons (Fsp3) is 0.875. The molecule has 9 heteroatoms. The van der Waals surface area contributed by atoms with Crippen LogP contribution in [0.25, 0.3) is 0 Å². The van der Waals surface area contributed by atoms with Gasteiger partial charge in [0, 0.05) is 12.8 Å². The van der Waals surface area contributed by atoms with E-state index in [2.05, 4.69) is 13.8 Å². The van der Waals surface area contributed by atoms with Crippen LogP contribution < -0.4 is 0 Å². The summed E-state index contributed by atoms with van der Waals surface area (Å²) in [6, 6.07) is 0. The molecule has 0 heterocycles. The minimum atomic E-state index is -4.64. The lowest BCUT2D eigenvalue weighted by molar-refractivity contribution is -0.138. The van der Waals surface area contributed by atoms with Gasteiger partial charge in [-0.25, -0.2) is 4.57 Å². The first-order valence-electron chi connectivity index (χ1n) is 8.76. The van der Waals surface area contributed by atoms with Gasteiger partial charge >= 0.3 is 19.8 Å². The van der Waals surface area contributed by atoms with Gasteiger partial charge in [0.1, 0.15) is 0 Å². The molecule has 0 amide bonds. The Balaban J connectivity index is -0.000000308. The Hall–Kier alpha value is -0.950. The zero-order valence-electron chi connectivity index (χ0n) is 15.4. The molecule has 152 valence electrons. The zero-order valence-corrected chi connectivity index (χ0v) is 16.3. The second-order valence-electron chi connectivity index (χ2n) is 5.63. The lowest BCUT2D eigenvalue weighted by Gasteiger charge is -1.95. The summed E-state index contributed by atoms with van der Waals surface area (Å²) in [6.45, 7) is 4.30. The van der Waals surface area contributed by atoms with Crippen molar-refractivity contribution in [2.45, 2.75) is 90.9 Å². The smallest absolute Gasteiger partial charge is 0.466 e. The standard InChI is InChI=1S/2C8H16O2.H3O4P/c2*1-2-3-4-5-6-7-8(9)10;1-5(2,3)4/h2*2-7H2,1H3,(H,9,10);(H3,1,2,3,4). The van der Waals surface area contributed by atoms with E-state index in [0.717, 1.165) is 25.7 Å². The molecule has 0 aromatic rings. The third-order valence-electron chi connectivity index (χ3n) is 2.99. The van der Waals surface area contributed by atoms with E-state index in [-0.39, 0.29) is 0 Å². The van der Waals surface area contributed by atoms with Gasteiger partial charge < -0.3 is 24.9 Å². The number of unbranched alkanes of at least 4 members (excludes halogenated alkanes) is 8. The first-order valence-corrected chi connectivity index (χ1v) is 10.3. The van der Waals surface area contributed by atoms with Crippen LogP contribution in [0.15, 0.2) is 0 Å². The third-order valence-corrected chi connectivity index (χ3v) is 2.99. The highest BCUT2D eigenvalue weighted by Crippen LogP contribution is 2.25. The van der Waals surface area contributed by atoms with Crippen molar-refractivity contribution in [3.63, 3.8) is 0 Å². The molecule has 25 heavy (non-hydrogen) atoms. The number of carboxylic acids is 2. The van der Waals surface area contributed by atoms with E-state index in [0.29, 0.717) is 12.8 Å². The highest BCUT2D eigenvalue weighted by molar-refractivity contribution is 7.45. The van der Waals surface area contributed by atoms with Gasteiger partial charge in [-0.2, -0.15) is 0 Å². The summed E-state index contributed by atoms with van der Waals surface area (Å²) in [4.78, 5) is 41.6. The molecule has 5 N–H and O–H groups in total. The number of rotatable bonds is 12. The third kappa shape index (κ3) is 60.0. The Morgan fingerprint density at radius 1 is 0.640 bits per heavy atom. The second-order valence-corrected chi connectivity index (χ2v) is 6.66. The van der Waals surface area contributed by atoms with Crippen LogP contribution in [0.2, 0.25) is 0 Å². The molecule has 0 unspecified atom stereocenters. The van der Waals surface area contributed by atoms with Crippen LogP contribution in [0.1, 0.15) is 90.9 Å². The molecule has 0 fully saturated rings. The quantitative estimate of drug-likeness (QED) is 0.250. The van der Waals surface area contributed by atoms with Gasteiger partial charge in [-0.05, 0) is 12.8 Å². The molecular formula is C16H35O8P. The van der Waals surface area contributed by atoms with Gasteiger partial charge in [0.2, 0.25) is 0 Å². The van der Waals surface area contributed by atoms with Crippen LogP contribution in [0.5, 0.6) is 0 Å². The molecule has 0 rings (SSSR count). The van der Waals surface area contributed by atoms with E-state index in [9.17, 15) is 9.59 Å². The minimum Gasteiger partial charge on any atom is -0.481 e. The maximum absolute atomic E-state index is 10.0. The van der Waals surface area contributed by atoms with Crippen molar-refractivity contribution in [1.82, 2.24) is 0 Å². The predicted octanol–water partition coefficient (Wildman–Crippen LogP) is 3.93. The van der Waals surface area contributed by atoms with Crippen LogP contribution in [-0.4, -0.2) is 36.8 Å². The molecule has 8 nitrogen and oxygen atoms in total. The average Bonchev–Trinajstić information content (AvgIpc) is 2.45. The topological polar surface area (TPSA) is 152 Å². The number of carbonyl (C=O) groups is 2. The van der Waals surface area contributed by atoms with Crippen molar-refractivity contribution in [2.75, 3.05) is 0 Å². The minimum absolute atomic E-state index is 0.337. The van der Waals surface area contributed by atoms with Crippen molar-refractivity contribution in [3.8, 4) is 0 Å². The van der Waals surface area contributed by atoms with E-state index in [1.54, 1.807) is 0 Å². The van der Waals surface area contributed by atoms with Crippen molar-refractivity contribution in [1.29, 1.82) is 0 Å². The van der Waals surface area contributed by atoms with Gasteiger partial charge in [-0.1, -0.05) is 65.2 Å². The molecule has 0 saturated heterocycles. The Labute approximate surface area is 150 Å². The molecule has 0 atom stereocenters. The molecule has 0 bridgehead atoms. The summed E-state index contributed by atoms with van der Waals surface area (Å²) in [6.07, 6.45) is 11.8. The first kappa shape index (κ1) is 28.8. The van der Waals surface area contributed by atoms with Crippen molar-refractivity contribution in [3.05, 3.63) is 0 Å². The van der Waals surface area contributed by atoms with Crippen LogP contribution in [0, 0.1) is 0 Å². The summed E-state index contributed by atoms with van der Waals surface area (Å²) >= 11 is 0. The fourth-order valence-electron chi connectivity index (χ4n) is 1.76. The van der Waals surface area contributed by atoms with Crippen LogP contribution in [0.3, 0.4) is 0 Å². The Bertz CT molecular complexity index is 322. The maximum Gasteiger partial charge on any atom is 0.466 e. The molecule has 0 aliphatic rings. The van der Waals surface area contributed by atoms with E-state index >= 15 is 0 Å². The van der Waals surface area contributed by atoms with E-state index in [1.165, 1.54) is 38.5 Å². The summed E-state index contributed by atoms with van der Waals surface area (Å²) in [5.74, 6) is -1.34. The monoisotopic (exact) mass is 386 g/mol. The summed E-state index contributed by atoms with van der Waals surface area (Å²) in [5, 5.41) is 16.5. The average molecular weight is 386 g/mol. The highest BCUT2D eigenvalue weighted by Gasteiger charge is 2.00. The Kier molecular flexibility index (Phi) is 24.3. The fourth-order valence-corrected chi connectivity index (χ4v) is 1.76. The molecule has 0 spiro atoms. The molecule has 0 saturated carbocycles. The number of phosphoric acid groups is 1. The van der Waals surface area contributed by atoms with Gasteiger partial charge in [-0.3, -0.25) is 9.59 Å². The summed E-state index contributed by atoms with van der Waals surface area (Å²) in [5.41, 5.74) is 0. The van der Waals surface area contributed by atoms with Gasteiger partial charge in [-0.15, -0.1) is 0 Å². The molecule has 0 aliphatic carbocycles. The predicted molar refractivity (Wildman–Crippen MR) is 96.3 cm³/mol. The van der Waals surface area contributed by atoms with Crippen LogP contribution in [-0.2, 0) is 14.2 Å². The van der Waals surface area contributed by atoms with Gasteiger partial charge in [0.15, 0.2) is 0 Å². The first-order chi connectivity index (χ1) is 11.5. The molecule has 0 radical (unpaired) electrons. The highest BCUT2D eigenvalue weighted by atomic mass is 31.2. The lowest BCUT2D eigenvalue weighted by atomic mass is 10.1. The Morgan fingerprint density at radius 3 is 1.08 bits per heavy atom. The number of hydrogen-bond donors (Lipinski definition) is 5. The lowest BCUT2D eigenvalue weighted by Crippen LogP contribution is -1.93. The van der Waals surface area contributed by atoms with E-state index < -0.39 is 19.8 Å². The molecule has 0 aromatic carbocycles. The van der Waals surface area contributed by atoms with Crippen molar-refractivity contribution < 1.29 is 39.0 Å². The van der Waals surface area contributed by atoms with Crippen LogP contribution in [0.4, 0.5) is 0 Å². The van der Waals surface area contributed by atoms with Gasteiger partial charge in [0.25, 0.3) is 0 Å². The SMILES string of the molecule is CCCCCCCC(=O)O.CCCCCCCC(=O)O.O=P(O)(O)O. The van der Waals surface area contributed by atoms with Crippen LogP contribution >= 0.6 is 7.82 Å². The normalized spacial score (nSPS) is 10.1. The number of aliphatic carboxylic acids is 2. The number of carboxylic acid groups (broad SMARTS) is 2. The van der Waals surface area contributed by atoms with Gasteiger partial charge in [0.05, 0.1) is 0 Å². The van der Waals surface area contributed by atoms with Crippen molar-refractivity contribution >= 4 is 19.8 Å². The zero-order chi connectivity index (χ0) is 20.1. The number of hydrogen-bond acceptors (Lipinski definition) is 3. The molecular weight excluding hydrogens is 351 g/mol. The largest absolute Gasteiger partial charge is 0.481 e. The molecule has 0 aliphatic heterocycles. The molecule has 0 aromatic heterocycles. The Morgan fingerprint density at radius 2 is 0.880 bits per heavy atom. The maximum atomic E-state index is 10.0. The van der Waals surface area contributed by atoms with E-state index in [4.69, 9.17) is 29.5 Å².